The van der Waals surface area contributed by atoms with Crippen LogP contribution in [-0.4, -0.2) is 11.0 Å². The zero-order valence-electron chi connectivity index (χ0n) is 11.6. The number of nitriles is 1. The molecule has 1 heterocycles. The van der Waals surface area contributed by atoms with Crippen molar-refractivity contribution in [3.8, 4) is 6.07 Å². The number of hydrogen-bond donors (Lipinski definition) is 1. The molecule has 3 rings (SSSR count). The molecule has 22 heavy (non-hydrogen) atoms. The van der Waals surface area contributed by atoms with Crippen molar-refractivity contribution >= 4 is 28.9 Å². The molecule has 108 valence electrons. The second-order valence-electron chi connectivity index (χ2n) is 4.96. The first-order chi connectivity index (χ1) is 10.7. The van der Waals surface area contributed by atoms with E-state index < -0.39 is 12.0 Å². The molecule has 0 radical (unpaired) electrons. The van der Waals surface area contributed by atoms with Crippen LogP contribution in [0.5, 0.6) is 0 Å². The van der Waals surface area contributed by atoms with E-state index in [-0.39, 0.29) is 5.91 Å². The maximum atomic E-state index is 12.1. The van der Waals surface area contributed by atoms with Gasteiger partial charge in [-0.3, -0.25) is 4.79 Å². The van der Waals surface area contributed by atoms with Crippen LogP contribution >= 0.6 is 12.2 Å². The third kappa shape index (κ3) is 2.45. The highest BCUT2D eigenvalue weighted by molar-refractivity contribution is 7.80. The Balaban J connectivity index is 2.14. The minimum atomic E-state index is -0.825. The predicted molar refractivity (Wildman–Crippen MR) is 87.9 cm³/mol. The molecule has 1 aliphatic rings. The summed E-state index contributed by atoms with van der Waals surface area (Å²) in [6.07, 6.45) is 0. The van der Waals surface area contributed by atoms with Crippen molar-refractivity contribution in [2.75, 3.05) is 4.90 Å². The third-order valence-electron chi connectivity index (χ3n) is 3.64. The average Bonchev–Trinajstić information content (AvgIpc) is 2.56. The Labute approximate surface area is 134 Å². The number of hydrogen-bond acceptors (Lipinski definition) is 3. The minimum Gasteiger partial charge on any atom is -0.309 e. The van der Waals surface area contributed by atoms with Crippen molar-refractivity contribution in [2.45, 2.75) is 6.04 Å². The standard InChI is InChI=1S/C17H13N3OS/c18-11-14-15(12-7-3-1-4-8-12)20(17(22)19-16(14)21)13-9-5-2-6-10-13/h1-10,14-15H,(H,19,21,22)/t14-,15-/m0/s1. The largest absolute Gasteiger partial charge is 0.309 e. The Morgan fingerprint density at radius 2 is 1.64 bits per heavy atom. The van der Waals surface area contributed by atoms with Crippen LogP contribution in [-0.2, 0) is 4.79 Å². The van der Waals surface area contributed by atoms with Crippen molar-refractivity contribution < 1.29 is 4.79 Å². The first-order valence-electron chi connectivity index (χ1n) is 6.86. The normalized spacial score (nSPS) is 21.1. The van der Waals surface area contributed by atoms with Gasteiger partial charge in [0.15, 0.2) is 11.0 Å². The van der Waals surface area contributed by atoms with Crippen LogP contribution in [0.25, 0.3) is 0 Å². The number of nitrogens with one attached hydrogen (secondary N) is 1. The number of rotatable bonds is 2. The summed E-state index contributed by atoms with van der Waals surface area (Å²) in [7, 11) is 0. The summed E-state index contributed by atoms with van der Waals surface area (Å²) in [6, 6.07) is 20.7. The third-order valence-corrected chi connectivity index (χ3v) is 3.94. The Morgan fingerprint density at radius 1 is 1.05 bits per heavy atom. The number of amides is 1. The Bertz CT molecular complexity index is 740. The van der Waals surface area contributed by atoms with Crippen molar-refractivity contribution in [1.82, 2.24) is 5.32 Å². The van der Waals surface area contributed by atoms with E-state index in [9.17, 15) is 10.1 Å². The van der Waals surface area contributed by atoms with Gasteiger partial charge in [0, 0.05) is 5.69 Å². The minimum absolute atomic E-state index is 0.316. The van der Waals surface area contributed by atoms with Crippen molar-refractivity contribution in [1.29, 1.82) is 5.26 Å². The first-order valence-corrected chi connectivity index (χ1v) is 7.27. The van der Waals surface area contributed by atoms with E-state index in [1.165, 1.54) is 0 Å². The summed E-state index contributed by atoms with van der Waals surface area (Å²) >= 11 is 5.35. The predicted octanol–water partition coefficient (Wildman–Crippen LogP) is 2.79. The van der Waals surface area contributed by atoms with Gasteiger partial charge in [0.05, 0.1) is 12.1 Å². The molecule has 0 saturated carbocycles. The van der Waals surface area contributed by atoms with Gasteiger partial charge in [-0.1, -0.05) is 48.5 Å². The van der Waals surface area contributed by atoms with Gasteiger partial charge in [-0.2, -0.15) is 5.26 Å². The molecule has 0 aliphatic carbocycles. The maximum absolute atomic E-state index is 12.1. The Hall–Kier alpha value is -2.71. The Morgan fingerprint density at radius 3 is 2.23 bits per heavy atom. The van der Waals surface area contributed by atoms with Gasteiger partial charge in [-0.15, -0.1) is 0 Å². The first kappa shape index (κ1) is 14.2. The molecule has 1 saturated heterocycles. The highest BCUT2D eigenvalue weighted by Crippen LogP contribution is 2.35. The molecule has 2 aromatic carbocycles. The van der Waals surface area contributed by atoms with Crippen LogP contribution in [0.2, 0.25) is 0 Å². The van der Waals surface area contributed by atoms with E-state index >= 15 is 0 Å². The van der Waals surface area contributed by atoms with E-state index in [0.29, 0.717) is 5.11 Å². The van der Waals surface area contributed by atoms with Crippen molar-refractivity contribution in [2.24, 2.45) is 5.92 Å². The zero-order valence-corrected chi connectivity index (χ0v) is 12.5. The number of nitrogens with zero attached hydrogens (tertiary/aromatic N) is 2. The van der Waals surface area contributed by atoms with Gasteiger partial charge >= 0.3 is 0 Å². The SMILES string of the molecule is N#C[C@@H]1C(=O)NC(=S)N(c2ccccc2)[C@H]1c1ccccc1. The summed E-state index contributed by atoms with van der Waals surface area (Å²) in [5.41, 5.74) is 1.73. The van der Waals surface area contributed by atoms with E-state index in [1.807, 2.05) is 65.6 Å². The van der Waals surface area contributed by atoms with E-state index in [4.69, 9.17) is 12.2 Å². The molecule has 4 nitrogen and oxygen atoms in total. The molecular formula is C17H13N3OS. The molecule has 0 unspecified atom stereocenters. The molecule has 1 aliphatic heterocycles. The maximum Gasteiger partial charge on any atom is 0.245 e. The molecule has 1 N–H and O–H groups in total. The van der Waals surface area contributed by atoms with Crippen LogP contribution in [0.1, 0.15) is 11.6 Å². The molecule has 0 spiro atoms. The fraction of sp³-hybridized carbons (Fsp3) is 0.118. The number of thiocarbonyl (C=S) groups is 1. The lowest BCUT2D eigenvalue weighted by Crippen LogP contribution is -2.55. The van der Waals surface area contributed by atoms with Gasteiger partial charge in [-0.05, 0) is 29.9 Å². The van der Waals surface area contributed by atoms with Crippen LogP contribution in [0.15, 0.2) is 60.7 Å². The lowest BCUT2D eigenvalue weighted by atomic mass is 9.90. The lowest BCUT2D eigenvalue weighted by molar-refractivity contribution is -0.123. The van der Waals surface area contributed by atoms with Crippen molar-refractivity contribution in [3.05, 3.63) is 66.2 Å². The molecule has 2 atom stereocenters. The average molecular weight is 307 g/mol. The van der Waals surface area contributed by atoms with Gasteiger partial charge in [-0.25, -0.2) is 0 Å². The van der Waals surface area contributed by atoms with E-state index in [0.717, 1.165) is 11.3 Å². The molecule has 0 aromatic heterocycles. The summed E-state index contributed by atoms with van der Waals surface area (Å²) in [5, 5.41) is 12.4. The summed E-state index contributed by atoms with van der Waals surface area (Å²) in [5.74, 6) is -1.18. The Kier molecular flexibility index (Phi) is 3.86. The quantitative estimate of drug-likeness (QED) is 0.867. The zero-order chi connectivity index (χ0) is 15.5. The van der Waals surface area contributed by atoms with Crippen LogP contribution in [0, 0.1) is 17.2 Å². The number of benzene rings is 2. The van der Waals surface area contributed by atoms with Gasteiger partial charge < -0.3 is 10.2 Å². The van der Waals surface area contributed by atoms with Gasteiger partial charge in [0.1, 0.15) is 0 Å². The second kappa shape index (κ2) is 5.96. The topological polar surface area (TPSA) is 56.1 Å². The molecule has 0 bridgehead atoms. The lowest BCUT2D eigenvalue weighted by Gasteiger charge is -2.40. The van der Waals surface area contributed by atoms with Gasteiger partial charge in [0.25, 0.3) is 0 Å². The second-order valence-corrected chi connectivity index (χ2v) is 5.35. The molecular weight excluding hydrogens is 294 g/mol. The molecule has 1 fully saturated rings. The van der Waals surface area contributed by atoms with Crippen LogP contribution in [0.4, 0.5) is 5.69 Å². The number of carbonyl (C=O) groups excluding carboxylic acids is 1. The fourth-order valence-corrected chi connectivity index (χ4v) is 2.97. The number of carbonyl (C=O) groups is 1. The van der Waals surface area contributed by atoms with Gasteiger partial charge in [0.2, 0.25) is 5.91 Å². The summed E-state index contributed by atoms with van der Waals surface area (Å²) < 4.78 is 0. The molecule has 5 heteroatoms. The molecule has 1 amide bonds. The fourth-order valence-electron chi connectivity index (χ4n) is 2.65. The summed E-state index contributed by atoms with van der Waals surface area (Å²) in [4.78, 5) is 14.0. The van der Waals surface area contributed by atoms with Crippen molar-refractivity contribution in [3.63, 3.8) is 0 Å². The number of para-hydroxylation sites is 1. The smallest absolute Gasteiger partial charge is 0.245 e. The monoisotopic (exact) mass is 307 g/mol. The van der Waals surface area contributed by atoms with Crippen LogP contribution in [0.3, 0.4) is 0 Å². The summed E-state index contributed by atoms with van der Waals surface area (Å²) in [6.45, 7) is 0. The number of anilines is 1. The highest BCUT2D eigenvalue weighted by atomic mass is 32.1. The molecule has 2 aromatic rings. The van der Waals surface area contributed by atoms with E-state index in [2.05, 4.69) is 11.4 Å². The van der Waals surface area contributed by atoms with Crippen LogP contribution < -0.4 is 10.2 Å². The highest BCUT2D eigenvalue weighted by Gasteiger charge is 2.41. The van der Waals surface area contributed by atoms with E-state index in [1.54, 1.807) is 0 Å².